The molecule has 8 heavy (non-hydrogen) atoms. The van der Waals surface area contributed by atoms with Crippen LogP contribution in [0.3, 0.4) is 0 Å². The monoisotopic (exact) mass is 115 g/mol. The van der Waals surface area contributed by atoms with Crippen LogP contribution < -0.4 is 5.32 Å². The minimum Gasteiger partial charge on any atom is -0.370 e. The molecule has 0 atom stereocenters. The zero-order valence-corrected chi connectivity index (χ0v) is 5.48. The van der Waals surface area contributed by atoms with Crippen molar-refractivity contribution < 1.29 is 4.74 Å². The van der Waals surface area contributed by atoms with Crippen molar-refractivity contribution in [1.29, 1.82) is 0 Å². The van der Waals surface area contributed by atoms with E-state index in [0.717, 1.165) is 6.54 Å². The van der Waals surface area contributed by atoms with E-state index in [9.17, 15) is 0 Å². The maximum atomic E-state index is 4.74. The lowest BCUT2D eigenvalue weighted by molar-refractivity contribution is 0.179. The second kappa shape index (κ2) is 6.66. The maximum Gasteiger partial charge on any atom is 0.0963 e. The third-order valence-corrected chi connectivity index (χ3v) is 0.744. The van der Waals surface area contributed by atoms with Crippen LogP contribution in [0, 0.1) is 0 Å². The second-order valence-corrected chi connectivity index (χ2v) is 1.46. The third-order valence-electron chi connectivity index (χ3n) is 0.744. The fraction of sp³-hybridized carbons (Fsp3) is 0.667. The normalized spacial score (nSPS) is 10.8. The Morgan fingerprint density at radius 3 is 2.88 bits per heavy atom. The predicted molar refractivity (Wildman–Crippen MR) is 34.7 cm³/mol. The van der Waals surface area contributed by atoms with Gasteiger partial charge in [0.1, 0.15) is 0 Å². The molecule has 0 unspecified atom stereocenters. The van der Waals surface area contributed by atoms with Crippen LogP contribution in [0.25, 0.3) is 0 Å². The van der Waals surface area contributed by atoms with Crippen molar-refractivity contribution in [1.82, 2.24) is 5.32 Å². The minimum atomic E-state index is 0.629. The molecule has 2 heteroatoms. The standard InChI is InChI=1S/C6H13NO/c1-3-4-5-7-6-8-2/h3-4,7H,5-6H2,1-2H3/b4-3-. The highest BCUT2D eigenvalue weighted by Crippen LogP contribution is 1.65. The van der Waals surface area contributed by atoms with Gasteiger partial charge in [0.25, 0.3) is 0 Å². The minimum absolute atomic E-state index is 0.629. The van der Waals surface area contributed by atoms with Crippen molar-refractivity contribution in [3.8, 4) is 0 Å². The molecule has 1 N–H and O–H groups in total. The Bertz CT molecular complexity index is 61.5. The summed E-state index contributed by atoms with van der Waals surface area (Å²) in [5, 5.41) is 3.03. The summed E-state index contributed by atoms with van der Waals surface area (Å²) >= 11 is 0. The van der Waals surface area contributed by atoms with E-state index in [4.69, 9.17) is 4.74 Å². The molecule has 0 spiro atoms. The molecule has 0 aliphatic heterocycles. The molecule has 0 saturated carbocycles. The first-order valence-electron chi connectivity index (χ1n) is 2.72. The number of hydrogen-bond donors (Lipinski definition) is 1. The molecule has 0 saturated heterocycles. The number of ether oxygens (including phenoxy) is 1. The van der Waals surface area contributed by atoms with Crippen molar-refractivity contribution >= 4 is 0 Å². The predicted octanol–water partition coefficient (Wildman–Crippen LogP) is 0.756. The first-order chi connectivity index (χ1) is 3.91. The molecular formula is C6H13NO. The smallest absolute Gasteiger partial charge is 0.0963 e. The zero-order chi connectivity index (χ0) is 6.24. The zero-order valence-electron chi connectivity index (χ0n) is 5.48. The first kappa shape index (κ1) is 7.66. The van der Waals surface area contributed by atoms with Crippen LogP contribution in [0.5, 0.6) is 0 Å². The summed E-state index contributed by atoms with van der Waals surface area (Å²) in [5.74, 6) is 0. The Balaban J connectivity index is 2.72. The van der Waals surface area contributed by atoms with Crippen LogP contribution in [0.4, 0.5) is 0 Å². The lowest BCUT2D eigenvalue weighted by Crippen LogP contribution is -2.15. The molecule has 2 nitrogen and oxygen atoms in total. The third kappa shape index (κ3) is 5.66. The van der Waals surface area contributed by atoms with Gasteiger partial charge in [0.05, 0.1) is 6.73 Å². The lowest BCUT2D eigenvalue weighted by Gasteiger charge is -1.95. The van der Waals surface area contributed by atoms with Crippen LogP contribution in [-0.4, -0.2) is 20.4 Å². The highest BCUT2D eigenvalue weighted by atomic mass is 16.5. The van der Waals surface area contributed by atoms with Gasteiger partial charge >= 0.3 is 0 Å². The lowest BCUT2D eigenvalue weighted by atomic mass is 10.5. The summed E-state index contributed by atoms with van der Waals surface area (Å²) in [6.45, 7) is 3.52. The van der Waals surface area contributed by atoms with Gasteiger partial charge in [-0.25, -0.2) is 0 Å². The van der Waals surface area contributed by atoms with Crippen molar-refractivity contribution in [3.63, 3.8) is 0 Å². The van der Waals surface area contributed by atoms with E-state index in [2.05, 4.69) is 5.32 Å². The number of nitrogens with one attached hydrogen (secondary N) is 1. The summed E-state index contributed by atoms with van der Waals surface area (Å²) < 4.78 is 4.74. The largest absolute Gasteiger partial charge is 0.370 e. The summed E-state index contributed by atoms with van der Waals surface area (Å²) in [5.41, 5.74) is 0. The number of allylic oxidation sites excluding steroid dienone is 1. The quantitative estimate of drug-likeness (QED) is 0.332. The number of rotatable bonds is 4. The van der Waals surface area contributed by atoms with Gasteiger partial charge in [-0.1, -0.05) is 12.2 Å². The molecule has 0 radical (unpaired) electrons. The van der Waals surface area contributed by atoms with E-state index in [1.165, 1.54) is 0 Å². The van der Waals surface area contributed by atoms with E-state index in [-0.39, 0.29) is 0 Å². The molecule has 0 aliphatic carbocycles. The molecular weight excluding hydrogens is 102 g/mol. The van der Waals surface area contributed by atoms with E-state index in [1.54, 1.807) is 7.11 Å². The second-order valence-electron chi connectivity index (χ2n) is 1.46. The van der Waals surface area contributed by atoms with E-state index in [1.807, 2.05) is 19.1 Å². The Morgan fingerprint density at radius 2 is 2.38 bits per heavy atom. The van der Waals surface area contributed by atoms with Gasteiger partial charge in [-0.2, -0.15) is 0 Å². The highest BCUT2D eigenvalue weighted by Gasteiger charge is 1.73. The van der Waals surface area contributed by atoms with Gasteiger partial charge in [0.15, 0.2) is 0 Å². The van der Waals surface area contributed by atoms with Crippen molar-refractivity contribution in [3.05, 3.63) is 12.2 Å². The molecule has 0 rings (SSSR count). The Kier molecular flexibility index (Phi) is 6.38. The van der Waals surface area contributed by atoms with E-state index >= 15 is 0 Å². The average Bonchev–Trinajstić information content (AvgIpc) is 1.81. The van der Waals surface area contributed by atoms with Gasteiger partial charge in [-0.15, -0.1) is 0 Å². The first-order valence-corrected chi connectivity index (χ1v) is 2.72. The molecule has 0 aromatic carbocycles. The molecule has 0 aromatic heterocycles. The number of methoxy groups -OCH3 is 1. The van der Waals surface area contributed by atoms with Gasteiger partial charge in [-0.3, -0.25) is 5.32 Å². The topological polar surface area (TPSA) is 21.3 Å². The molecule has 0 fully saturated rings. The van der Waals surface area contributed by atoms with Crippen LogP contribution in [0.1, 0.15) is 6.92 Å². The molecule has 0 aliphatic rings. The Morgan fingerprint density at radius 1 is 1.62 bits per heavy atom. The van der Waals surface area contributed by atoms with Crippen molar-refractivity contribution in [2.75, 3.05) is 20.4 Å². The summed E-state index contributed by atoms with van der Waals surface area (Å²) in [6.07, 6.45) is 4.04. The van der Waals surface area contributed by atoms with Gasteiger partial charge in [0.2, 0.25) is 0 Å². The van der Waals surface area contributed by atoms with Crippen molar-refractivity contribution in [2.45, 2.75) is 6.92 Å². The summed E-state index contributed by atoms with van der Waals surface area (Å²) in [7, 11) is 1.67. The maximum absolute atomic E-state index is 4.74. The SMILES string of the molecule is C/C=C\CNCOC. The molecule has 0 heterocycles. The van der Waals surface area contributed by atoms with Crippen molar-refractivity contribution in [2.24, 2.45) is 0 Å². The summed E-state index contributed by atoms with van der Waals surface area (Å²) in [4.78, 5) is 0. The Labute approximate surface area is 50.5 Å². The number of hydrogen-bond acceptors (Lipinski definition) is 2. The molecule has 48 valence electrons. The van der Waals surface area contributed by atoms with Crippen LogP contribution in [0.15, 0.2) is 12.2 Å². The van der Waals surface area contributed by atoms with E-state index in [0.29, 0.717) is 6.73 Å². The average molecular weight is 115 g/mol. The van der Waals surface area contributed by atoms with Crippen LogP contribution in [0.2, 0.25) is 0 Å². The van der Waals surface area contributed by atoms with Gasteiger partial charge in [-0.05, 0) is 6.92 Å². The molecule has 0 aromatic rings. The van der Waals surface area contributed by atoms with Crippen LogP contribution in [-0.2, 0) is 4.74 Å². The fourth-order valence-corrected chi connectivity index (χ4v) is 0.362. The summed E-state index contributed by atoms with van der Waals surface area (Å²) in [6, 6.07) is 0. The highest BCUT2D eigenvalue weighted by molar-refractivity contribution is 4.78. The van der Waals surface area contributed by atoms with Gasteiger partial charge in [0, 0.05) is 13.7 Å². The molecule has 0 bridgehead atoms. The van der Waals surface area contributed by atoms with Gasteiger partial charge < -0.3 is 4.74 Å². The van der Waals surface area contributed by atoms with E-state index < -0.39 is 0 Å². The molecule has 0 amide bonds. The van der Waals surface area contributed by atoms with Crippen LogP contribution >= 0.6 is 0 Å². The fourth-order valence-electron chi connectivity index (χ4n) is 0.362. The Hall–Kier alpha value is -0.340.